The van der Waals surface area contributed by atoms with Crippen LogP contribution in [0.4, 0.5) is 8.78 Å². The van der Waals surface area contributed by atoms with Gasteiger partial charge in [-0.15, -0.1) is 0 Å². The lowest BCUT2D eigenvalue weighted by molar-refractivity contribution is -0.140. The molecule has 0 radical (unpaired) electrons. The summed E-state index contributed by atoms with van der Waals surface area (Å²) in [6.45, 7) is 6.01. The van der Waals surface area contributed by atoms with Gasteiger partial charge in [0, 0.05) is 43.0 Å². The first-order chi connectivity index (χ1) is 12.7. The molecule has 3 heterocycles. The minimum absolute atomic E-state index is 0.0758. The number of nitrogens with zero attached hydrogens (tertiary/aromatic N) is 1. The molecule has 0 saturated carbocycles. The van der Waals surface area contributed by atoms with E-state index in [9.17, 15) is 18.4 Å². The fraction of sp³-hybridized carbons (Fsp3) is 0.700. The van der Waals surface area contributed by atoms with E-state index in [1.165, 1.54) is 4.90 Å². The molecule has 0 N–H and O–H groups in total. The summed E-state index contributed by atoms with van der Waals surface area (Å²) in [6.07, 6.45) is 3.30. The Morgan fingerprint density at radius 2 is 2.00 bits per heavy atom. The number of esters is 1. The van der Waals surface area contributed by atoms with Crippen LogP contribution in [0.5, 0.6) is 0 Å². The largest absolute Gasteiger partial charge is 0.455 e. The molecule has 148 valence electrons. The number of hydrogen-bond acceptors (Lipinski definition) is 4. The molecule has 4 aliphatic rings. The molecule has 1 aliphatic carbocycles. The maximum atomic E-state index is 13.4. The van der Waals surface area contributed by atoms with Crippen LogP contribution >= 0.6 is 0 Å². The minimum Gasteiger partial charge on any atom is -0.455 e. The topological polar surface area (TPSA) is 59.1 Å². The number of amides is 1. The third-order valence-electron chi connectivity index (χ3n) is 6.40. The summed E-state index contributed by atoms with van der Waals surface area (Å²) in [7, 11) is 0. The number of hydrogen-bond donors (Lipinski definition) is 0. The Balaban J connectivity index is 1.51. The van der Waals surface area contributed by atoms with E-state index in [0.29, 0.717) is 30.4 Å². The molecule has 3 fully saturated rings. The Bertz CT molecular complexity index is 709. The first kappa shape index (κ1) is 18.6. The number of alkyl halides is 2. The highest BCUT2D eigenvalue weighted by Crippen LogP contribution is 2.49. The van der Waals surface area contributed by atoms with Crippen LogP contribution in [0, 0.1) is 5.92 Å². The number of ether oxygens (including phenoxy) is 2. The predicted molar refractivity (Wildman–Crippen MR) is 93.1 cm³/mol. The van der Waals surface area contributed by atoms with E-state index in [0.717, 1.165) is 6.42 Å². The quantitative estimate of drug-likeness (QED) is 0.398. The van der Waals surface area contributed by atoms with E-state index in [2.05, 4.69) is 6.58 Å². The summed E-state index contributed by atoms with van der Waals surface area (Å²) in [5, 5.41) is 0. The maximum Gasteiger partial charge on any atom is 0.334 e. The molecule has 4 rings (SSSR count). The Morgan fingerprint density at radius 1 is 1.30 bits per heavy atom. The summed E-state index contributed by atoms with van der Waals surface area (Å²) in [6, 6.07) is 0. The van der Waals surface area contributed by atoms with E-state index < -0.39 is 11.9 Å². The van der Waals surface area contributed by atoms with E-state index in [4.69, 9.17) is 9.47 Å². The number of carbonyl (C=O) groups excluding carboxylic acids is 2. The first-order valence-electron chi connectivity index (χ1n) is 9.64. The number of fused-ring (bicyclic) bond motifs is 3. The summed E-state index contributed by atoms with van der Waals surface area (Å²) < 4.78 is 38.1. The van der Waals surface area contributed by atoms with E-state index >= 15 is 0 Å². The van der Waals surface area contributed by atoms with Crippen molar-refractivity contribution < 1.29 is 27.8 Å². The van der Waals surface area contributed by atoms with Gasteiger partial charge in [-0.2, -0.15) is 0 Å². The van der Waals surface area contributed by atoms with Crippen molar-refractivity contribution in [3.05, 3.63) is 23.8 Å². The van der Waals surface area contributed by atoms with Crippen LogP contribution in [0.1, 0.15) is 45.4 Å². The number of halogens is 2. The van der Waals surface area contributed by atoms with Crippen LogP contribution in [0.3, 0.4) is 0 Å². The average molecular weight is 381 g/mol. The number of carbonyl (C=O) groups is 2. The Morgan fingerprint density at radius 3 is 2.70 bits per heavy atom. The van der Waals surface area contributed by atoms with Crippen molar-refractivity contribution in [3.8, 4) is 0 Å². The highest BCUT2D eigenvalue weighted by atomic mass is 19.3. The van der Waals surface area contributed by atoms with Gasteiger partial charge in [-0.05, 0) is 32.6 Å². The van der Waals surface area contributed by atoms with Crippen LogP contribution in [0.15, 0.2) is 23.8 Å². The molecule has 0 aromatic heterocycles. The minimum atomic E-state index is -2.68. The lowest BCUT2D eigenvalue weighted by Crippen LogP contribution is -2.43. The predicted octanol–water partition coefficient (Wildman–Crippen LogP) is 3.00. The van der Waals surface area contributed by atoms with Crippen LogP contribution in [-0.2, 0) is 19.1 Å². The van der Waals surface area contributed by atoms with Crippen molar-refractivity contribution in [1.82, 2.24) is 4.90 Å². The second-order valence-electron chi connectivity index (χ2n) is 8.31. The van der Waals surface area contributed by atoms with Crippen molar-refractivity contribution in [2.75, 3.05) is 13.1 Å². The summed E-state index contributed by atoms with van der Waals surface area (Å²) >= 11 is 0. The number of allylic oxidation sites excluding steroid dienone is 1. The summed E-state index contributed by atoms with van der Waals surface area (Å²) in [5.41, 5.74) is 0.708. The fourth-order valence-corrected chi connectivity index (χ4v) is 4.49. The Labute approximate surface area is 157 Å². The standard InChI is InChI=1S/C20H25F2NO4/c1-12-14-6-5-13(17(24)23-10-8-20(21,22)9-11-23)4-3-7-19(2)16(27-19)15(14)26-18(12)25/h4,14-16H,1,3,5-11H2,2H3/t14-,15-,16-,19+/m0/s1. The van der Waals surface area contributed by atoms with Crippen molar-refractivity contribution in [1.29, 1.82) is 0 Å². The fourth-order valence-electron chi connectivity index (χ4n) is 4.49. The zero-order valence-corrected chi connectivity index (χ0v) is 15.5. The third kappa shape index (κ3) is 3.42. The van der Waals surface area contributed by atoms with Crippen LogP contribution < -0.4 is 0 Å². The molecule has 0 unspecified atom stereocenters. The van der Waals surface area contributed by atoms with Crippen LogP contribution in [0.2, 0.25) is 0 Å². The highest BCUT2D eigenvalue weighted by Gasteiger charge is 2.61. The molecule has 1 amide bonds. The monoisotopic (exact) mass is 381 g/mol. The van der Waals surface area contributed by atoms with Gasteiger partial charge < -0.3 is 14.4 Å². The second kappa shape index (κ2) is 6.40. The lowest BCUT2D eigenvalue weighted by atomic mass is 9.83. The van der Waals surface area contributed by atoms with Crippen molar-refractivity contribution in [2.24, 2.45) is 5.92 Å². The summed E-state index contributed by atoms with van der Waals surface area (Å²) in [5.74, 6) is -3.42. The number of epoxide rings is 1. The molecular weight excluding hydrogens is 356 g/mol. The van der Waals surface area contributed by atoms with E-state index in [1.54, 1.807) is 0 Å². The third-order valence-corrected chi connectivity index (χ3v) is 6.40. The zero-order valence-electron chi connectivity index (χ0n) is 15.5. The first-order valence-corrected chi connectivity index (χ1v) is 9.64. The van der Waals surface area contributed by atoms with E-state index in [-0.39, 0.29) is 55.6 Å². The molecule has 3 aliphatic heterocycles. The van der Waals surface area contributed by atoms with Crippen molar-refractivity contribution in [3.63, 3.8) is 0 Å². The zero-order chi connectivity index (χ0) is 19.4. The Kier molecular flexibility index (Phi) is 4.41. The molecule has 0 aromatic rings. The van der Waals surface area contributed by atoms with Gasteiger partial charge >= 0.3 is 5.97 Å². The van der Waals surface area contributed by atoms with Gasteiger partial charge in [-0.1, -0.05) is 12.7 Å². The second-order valence-corrected chi connectivity index (χ2v) is 8.31. The molecule has 5 nitrogen and oxygen atoms in total. The van der Waals surface area contributed by atoms with Crippen LogP contribution in [0.25, 0.3) is 0 Å². The smallest absolute Gasteiger partial charge is 0.334 e. The maximum absolute atomic E-state index is 13.4. The number of likely N-dealkylation sites (tertiary alicyclic amines) is 1. The molecule has 3 saturated heterocycles. The van der Waals surface area contributed by atoms with Gasteiger partial charge in [0.2, 0.25) is 5.91 Å². The van der Waals surface area contributed by atoms with Gasteiger partial charge in [-0.25, -0.2) is 13.6 Å². The molecule has 4 atom stereocenters. The number of rotatable bonds is 1. The Hall–Kier alpha value is -1.76. The molecular formula is C20H25F2NO4. The van der Waals surface area contributed by atoms with Crippen LogP contribution in [-0.4, -0.2) is 53.6 Å². The number of piperidine rings is 1. The lowest BCUT2D eigenvalue weighted by Gasteiger charge is -2.32. The molecule has 0 spiro atoms. The highest BCUT2D eigenvalue weighted by molar-refractivity contribution is 5.94. The van der Waals surface area contributed by atoms with Crippen molar-refractivity contribution >= 4 is 11.9 Å². The van der Waals surface area contributed by atoms with E-state index in [1.807, 2.05) is 13.0 Å². The molecule has 27 heavy (non-hydrogen) atoms. The summed E-state index contributed by atoms with van der Waals surface area (Å²) in [4.78, 5) is 26.4. The van der Waals surface area contributed by atoms with Gasteiger partial charge in [0.1, 0.15) is 12.2 Å². The molecule has 7 heteroatoms. The average Bonchev–Trinajstić information content (AvgIpc) is 3.20. The molecule has 0 bridgehead atoms. The molecule has 0 aromatic carbocycles. The normalized spacial score (nSPS) is 38.4. The van der Waals surface area contributed by atoms with Gasteiger partial charge in [0.15, 0.2) is 0 Å². The van der Waals surface area contributed by atoms with Gasteiger partial charge in [0.05, 0.1) is 5.60 Å². The van der Waals surface area contributed by atoms with Crippen molar-refractivity contribution in [2.45, 2.75) is 69.2 Å². The van der Waals surface area contributed by atoms with Gasteiger partial charge in [-0.3, -0.25) is 4.79 Å². The SMILES string of the molecule is C=C1C(=O)O[C@H]2[C@H]1CCC(C(=O)N1CCC(F)(F)CC1)=CCC[C@@]1(C)O[C@@H]21. The van der Waals surface area contributed by atoms with Gasteiger partial charge in [0.25, 0.3) is 5.92 Å².